The third-order valence-electron chi connectivity index (χ3n) is 5.50. The molecule has 4 aromatic rings. The van der Waals surface area contributed by atoms with Crippen LogP contribution >= 0.6 is 22.6 Å². The number of carboxylic acids is 1. The first-order valence-corrected chi connectivity index (χ1v) is 11.8. The number of benzene rings is 2. The molecule has 2 aromatic carbocycles. The van der Waals surface area contributed by atoms with Crippen molar-refractivity contribution in [2.45, 2.75) is 26.3 Å². The summed E-state index contributed by atoms with van der Waals surface area (Å²) < 4.78 is 8.47. The molecule has 0 radical (unpaired) electrons. The van der Waals surface area contributed by atoms with Crippen molar-refractivity contribution < 1.29 is 14.6 Å². The number of halogens is 1. The standard InChI is InChI=1S/C25H20IN5O4/c1-3-14(2)31-13-18(24(33)34)23(32)17-10-19(26)21(11-20(17)31)35-22-8-9-28-25(30-22)29-16-6-4-15(12-27)5-7-16/h4-11,13-14H,3H2,1-2H3,(H,33,34)(H,28,29,30). The fourth-order valence-electron chi connectivity index (χ4n) is 3.47. The average Bonchev–Trinajstić information content (AvgIpc) is 2.85. The van der Waals surface area contributed by atoms with Crippen molar-refractivity contribution in [1.29, 1.82) is 5.26 Å². The maximum absolute atomic E-state index is 12.8. The van der Waals surface area contributed by atoms with Crippen molar-refractivity contribution in [3.05, 3.63) is 79.8 Å². The maximum atomic E-state index is 12.8. The number of hydrogen-bond donors (Lipinski definition) is 2. The van der Waals surface area contributed by atoms with Gasteiger partial charge in [-0.25, -0.2) is 9.78 Å². The van der Waals surface area contributed by atoms with Crippen LogP contribution in [0.15, 0.2) is 59.7 Å². The number of rotatable bonds is 7. The highest BCUT2D eigenvalue weighted by Gasteiger charge is 2.19. The predicted molar refractivity (Wildman–Crippen MR) is 139 cm³/mol. The number of hydrogen-bond acceptors (Lipinski definition) is 7. The van der Waals surface area contributed by atoms with Crippen LogP contribution < -0.4 is 15.5 Å². The number of nitrogens with one attached hydrogen (secondary N) is 1. The van der Waals surface area contributed by atoms with Crippen molar-refractivity contribution in [2.75, 3.05) is 5.32 Å². The topological polar surface area (TPSA) is 130 Å². The Kier molecular flexibility index (Phi) is 6.97. The van der Waals surface area contributed by atoms with E-state index in [1.54, 1.807) is 53.2 Å². The molecular formula is C25H20IN5O4. The minimum atomic E-state index is -1.26. The Bertz CT molecular complexity index is 1530. The summed E-state index contributed by atoms with van der Waals surface area (Å²) in [6.45, 7) is 3.95. The fraction of sp³-hybridized carbons (Fsp3) is 0.160. The minimum Gasteiger partial charge on any atom is -0.477 e. The Morgan fingerprint density at radius 2 is 2.03 bits per heavy atom. The molecule has 2 aromatic heterocycles. The molecule has 10 heteroatoms. The molecule has 0 aliphatic heterocycles. The molecule has 9 nitrogen and oxygen atoms in total. The Hall–Kier alpha value is -3.98. The summed E-state index contributed by atoms with van der Waals surface area (Å²) in [5.41, 5.74) is 1.04. The van der Waals surface area contributed by atoms with Gasteiger partial charge in [0.2, 0.25) is 17.3 Å². The third kappa shape index (κ3) is 5.09. The number of fused-ring (bicyclic) bond motifs is 1. The maximum Gasteiger partial charge on any atom is 0.341 e. The molecular weight excluding hydrogens is 561 g/mol. The number of carbonyl (C=O) groups is 1. The van der Waals surface area contributed by atoms with Gasteiger partial charge in [-0.15, -0.1) is 0 Å². The molecule has 0 aliphatic rings. The molecule has 0 aliphatic carbocycles. The van der Waals surface area contributed by atoms with E-state index in [2.05, 4.69) is 21.4 Å². The fourth-order valence-corrected chi connectivity index (χ4v) is 4.05. The molecule has 1 unspecified atom stereocenters. The van der Waals surface area contributed by atoms with Gasteiger partial charge in [0.25, 0.3) is 0 Å². The van der Waals surface area contributed by atoms with Crippen LogP contribution in [-0.4, -0.2) is 25.6 Å². The molecule has 0 saturated heterocycles. The Morgan fingerprint density at radius 1 is 1.29 bits per heavy atom. The first-order chi connectivity index (χ1) is 16.8. The summed E-state index contributed by atoms with van der Waals surface area (Å²) in [5.74, 6) is -0.188. The predicted octanol–water partition coefficient (Wildman–Crippen LogP) is 5.47. The first-order valence-electron chi connectivity index (χ1n) is 10.7. The number of pyridine rings is 1. The van der Waals surface area contributed by atoms with Gasteiger partial charge in [0.05, 0.1) is 20.7 Å². The zero-order valence-electron chi connectivity index (χ0n) is 18.8. The molecule has 0 bridgehead atoms. The van der Waals surface area contributed by atoms with E-state index in [1.807, 2.05) is 36.4 Å². The van der Waals surface area contributed by atoms with Gasteiger partial charge in [-0.05, 0) is 66.3 Å². The van der Waals surface area contributed by atoms with Crippen LogP contribution in [0.4, 0.5) is 11.6 Å². The van der Waals surface area contributed by atoms with E-state index in [0.717, 1.165) is 6.42 Å². The Morgan fingerprint density at radius 3 is 2.69 bits per heavy atom. The lowest BCUT2D eigenvalue weighted by molar-refractivity contribution is 0.0694. The highest BCUT2D eigenvalue weighted by molar-refractivity contribution is 14.1. The van der Waals surface area contributed by atoms with Crippen LogP contribution in [0.1, 0.15) is 42.2 Å². The number of nitrogens with zero attached hydrogens (tertiary/aromatic N) is 4. The largest absolute Gasteiger partial charge is 0.477 e. The van der Waals surface area contributed by atoms with Crippen LogP contribution in [0.5, 0.6) is 11.6 Å². The number of aromatic carboxylic acids is 1. The number of nitriles is 1. The summed E-state index contributed by atoms with van der Waals surface area (Å²) >= 11 is 2.05. The van der Waals surface area contributed by atoms with E-state index < -0.39 is 11.4 Å². The lowest BCUT2D eigenvalue weighted by atomic mass is 10.1. The summed E-state index contributed by atoms with van der Waals surface area (Å²) in [7, 11) is 0. The zero-order valence-corrected chi connectivity index (χ0v) is 21.0. The van der Waals surface area contributed by atoms with Crippen molar-refractivity contribution in [3.8, 4) is 17.7 Å². The molecule has 2 N–H and O–H groups in total. The quantitative estimate of drug-likeness (QED) is 0.275. The van der Waals surface area contributed by atoms with Gasteiger partial charge < -0.3 is 19.7 Å². The van der Waals surface area contributed by atoms with Crippen molar-refractivity contribution >= 4 is 51.1 Å². The van der Waals surface area contributed by atoms with Gasteiger partial charge in [0.15, 0.2) is 0 Å². The smallest absolute Gasteiger partial charge is 0.341 e. The van der Waals surface area contributed by atoms with Gasteiger partial charge in [0.1, 0.15) is 11.3 Å². The summed E-state index contributed by atoms with van der Waals surface area (Å²) in [6.07, 6.45) is 3.69. The molecule has 0 fully saturated rings. The molecule has 2 heterocycles. The Labute approximate surface area is 214 Å². The van der Waals surface area contributed by atoms with Crippen LogP contribution in [0.2, 0.25) is 0 Å². The lowest BCUT2D eigenvalue weighted by Crippen LogP contribution is -2.20. The molecule has 176 valence electrons. The number of carboxylic acid groups (broad SMARTS) is 1. The SMILES string of the molecule is CCC(C)n1cc(C(=O)O)c(=O)c2cc(I)c(Oc3ccnc(Nc4ccc(C#N)cc4)n3)cc21. The van der Waals surface area contributed by atoms with Gasteiger partial charge >= 0.3 is 5.97 Å². The van der Waals surface area contributed by atoms with Crippen molar-refractivity contribution in [2.24, 2.45) is 0 Å². The molecule has 1 atom stereocenters. The summed E-state index contributed by atoms with van der Waals surface area (Å²) in [4.78, 5) is 33.1. The van der Waals surface area contributed by atoms with Gasteiger partial charge in [-0.2, -0.15) is 10.2 Å². The van der Waals surface area contributed by atoms with Crippen LogP contribution in [0, 0.1) is 14.9 Å². The van der Waals surface area contributed by atoms with Crippen molar-refractivity contribution in [1.82, 2.24) is 14.5 Å². The average molecular weight is 581 g/mol. The minimum absolute atomic E-state index is 0.0358. The van der Waals surface area contributed by atoms with Crippen LogP contribution in [0.3, 0.4) is 0 Å². The number of ether oxygens (including phenoxy) is 1. The van der Waals surface area contributed by atoms with Gasteiger partial charge in [0, 0.05) is 41.6 Å². The summed E-state index contributed by atoms with van der Waals surface area (Å²) in [6, 6.07) is 13.9. The molecule has 35 heavy (non-hydrogen) atoms. The van der Waals surface area contributed by atoms with Gasteiger partial charge in [-0.3, -0.25) is 4.79 Å². The normalized spacial score (nSPS) is 11.6. The third-order valence-corrected chi connectivity index (χ3v) is 6.34. The molecule has 4 rings (SSSR count). The van der Waals surface area contributed by atoms with E-state index in [0.29, 0.717) is 37.4 Å². The van der Waals surface area contributed by atoms with Crippen LogP contribution in [0.25, 0.3) is 10.9 Å². The second kappa shape index (κ2) is 10.1. The molecule has 0 amide bonds. The second-order valence-electron chi connectivity index (χ2n) is 7.78. The zero-order chi connectivity index (χ0) is 25.1. The highest BCUT2D eigenvalue weighted by atomic mass is 127. The van der Waals surface area contributed by atoms with E-state index in [4.69, 9.17) is 10.00 Å². The molecule has 0 spiro atoms. The van der Waals surface area contributed by atoms with Gasteiger partial charge in [-0.1, -0.05) is 6.92 Å². The lowest BCUT2D eigenvalue weighted by Gasteiger charge is -2.19. The number of aromatic nitrogens is 3. The monoisotopic (exact) mass is 581 g/mol. The number of anilines is 2. The van der Waals surface area contributed by atoms with E-state index >= 15 is 0 Å². The molecule has 0 saturated carbocycles. The summed E-state index contributed by atoms with van der Waals surface area (Å²) in [5, 5.41) is 21.8. The Balaban J connectivity index is 1.71. The second-order valence-corrected chi connectivity index (χ2v) is 8.94. The van der Waals surface area contributed by atoms with Crippen LogP contribution in [-0.2, 0) is 0 Å². The van der Waals surface area contributed by atoms with E-state index in [9.17, 15) is 14.7 Å². The van der Waals surface area contributed by atoms with E-state index in [1.165, 1.54) is 6.20 Å². The first kappa shape index (κ1) is 24.2. The van der Waals surface area contributed by atoms with Crippen molar-refractivity contribution in [3.63, 3.8) is 0 Å². The van der Waals surface area contributed by atoms with E-state index in [-0.39, 0.29) is 17.5 Å². The highest BCUT2D eigenvalue weighted by Crippen LogP contribution is 2.31.